The summed E-state index contributed by atoms with van der Waals surface area (Å²) < 4.78 is 39.3. The number of rotatable bonds is 8. The number of ether oxygens (including phenoxy) is 3. The van der Waals surface area contributed by atoms with Crippen molar-refractivity contribution in [1.29, 1.82) is 0 Å². The Morgan fingerprint density at radius 2 is 1.72 bits per heavy atom. The standard InChI is InChI=1S/C20H21F2N3O4/c1-25(10-12-4-6-13(7-5-12)29-20(21)22)11-18-23-15-9-17(28-3)16(27-2)8-14(15)19(26)24-18/h4-9,20H,10-11H2,1-3H3,(H,23,24,26)/p+1. The van der Waals surface area contributed by atoms with Crippen LogP contribution in [0.4, 0.5) is 8.78 Å². The van der Waals surface area contributed by atoms with E-state index in [-0.39, 0.29) is 11.3 Å². The molecule has 1 heterocycles. The number of nitrogens with zero attached hydrogens (tertiary/aromatic N) is 1. The van der Waals surface area contributed by atoms with Gasteiger partial charge in [-0.25, -0.2) is 4.98 Å². The van der Waals surface area contributed by atoms with Gasteiger partial charge in [-0.1, -0.05) is 0 Å². The maximum absolute atomic E-state index is 12.5. The molecule has 3 aromatic rings. The van der Waals surface area contributed by atoms with Gasteiger partial charge in [0.1, 0.15) is 18.8 Å². The normalized spacial score (nSPS) is 12.2. The van der Waals surface area contributed by atoms with E-state index in [2.05, 4.69) is 14.7 Å². The molecule has 9 heteroatoms. The van der Waals surface area contributed by atoms with E-state index >= 15 is 0 Å². The van der Waals surface area contributed by atoms with Gasteiger partial charge in [-0.3, -0.25) is 4.79 Å². The zero-order valence-electron chi connectivity index (χ0n) is 16.3. The average molecular weight is 406 g/mol. The molecule has 1 atom stereocenters. The number of halogens is 2. The van der Waals surface area contributed by atoms with E-state index in [1.807, 2.05) is 7.05 Å². The molecule has 0 amide bonds. The molecular weight excluding hydrogens is 384 g/mol. The quantitative estimate of drug-likeness (QED) is 0.596. The van der Waals surface area contributed by atoms with Crippen molar-refractivity contribution in [2.45, 2.75) is 19.7 Å². The van der Waals surface area contributed by atoms with Crippen LogP contribution in [0.2, 0.25) is 0 Å². The molecule has 0 saturated heterocycles. The Hall–Kier alpha value is -3.20. The number of aromatic nitrogens is 2. The number of nitrogens with one attached hydrogen (secondary N) is 2. The van der Waals surface area contributed by atoms with Gasteiger partial charge in [0.05, 0.1) is 32.2 Å². The molecule has 1 aromatic heterocycles. The molecule has 3 rings (SSSR count). The summed E-state index contributed by atoms with van der Waals surface area (Å²) in [6, 6.07) is 9.74. The second-order valence-corrected chi connectivity index (χ2v) is 6.57. The molecule has 0 aliphatic rings. The molecule has 7 nitrogen and oxygen atoms in total. The SMILES string of the molecule is COc1cc2nc(C[NH+](C)Cc3ccc(OC(F)F)cc3)[nH]c(=O)c2cc1OC. The Morgan fingerprint density at radius 1 is 1.07 bits per heavy atom. The summed E-state index contributed by atoms with van der Waals surface area (Å²) in [6.07, 6.45) is 0. The zero-order valence-corrected chi connectivity index (χ0v) is 16.3. The van der Waals surface area contributed by atoms with Crippen LogP contribution in [0.3, 0.4) is 0 Å². The lowest BCUT2D eigenvalue weighted by Crippen LogP contribution is -3.06. The Balaban J connectivity index is 1.76. The molecule has 2 N–H and O–H groups in total. The topological polar surface area (TPSA) is 77.9 Å². The average Bonchev–Trinajstić information content (AvgIpc) is 2.68. The summed E-state index contributed by atoms with van der Waals surface area (Å²) in [5.74, 6) is 1.61. The first-order valence-corrected chi connectivity index (χ1v) is 8.89. The highest BCUT2D eigenvalue weighted by molar-refractivity contribution is 5.81. The first kappa shape index (κ1) is 20.5. The van der Waals surface area contributed by atoms with Crippen molar-refractivity contribution in [2.24, 2.45) is 0 Å². The van der Waals surface area contributed by atoms with Gasteiger partial charge < -0.3 is 24.1 Å². The Bertz CT molecular complexity index is 1040. The molecular formula is C20H22F2N3O4+. The van der Waals surface area contributed by atoms with Crippen molar-refractivity contribution in [3.8, 4) is 17.2 Å². The van der Waals surface area contributed by atoms with Crippen molar-refractivity contribution in [3.05, 3.63) is 58.1 Å². The van der Waals surface area contributed by atoms with Gasteiger partial charge in [0.15, 0.2) is 17.3 Å². The minimum Gasteiger partial charge on any atom is -0.493 e. The van der Waals surface area contributed by atoms with Crippen LogP contribution in [-0.2, 0) is 13.1 Å². The van der Waals surface area contributed by atoms with Crippen LogP contribution >= 0.6 is 0 Å². The summed E-state index contributed by atoms with van der Waals surface area (Å²) in [6.45, 7) is -1.76. The number of alkyl halides is 2. The van der Waals surface area contributed by atoms with Crippen LogP contribution in [0.25, 0.3) is 10.9 Å². The highest BCUT2D eigenvalue weighted by Crippen LogP contribution is 2.29. The second kappa shape index (κ2) is 8.87. The fraction of sp³-hybridized carbons (Fsp3) is 0.300. The largest absolute Gasteiger partial charge is 0.493 e. The van der Waals surface area contributed by atoms with Crippen molar-refractivity contribution in [3.63, 3.8) is 0 Å². The Kier molecular flexibility index (Phi) is 6.28. The van der Waals surface area contributed by atoms with Crippen molar-refractivity contribution in [2.75, 3.05) is 21.3 Å². The van der Waals surface area contributed by atoms with E-state index in [0.717, 1.165) is 10.5 Å². The Morgan fingerprint density at radius 3 is 2.34 bits per heavy atom. The number of aromatic amines is 1. The molecule has 154 valence electrons. The van der Waals surface area contributed by atoms with Crippen molar-refractivity contribution < 1.29 is 27.9 Å². The third-order valence-corrected chi connectivity index (χ3v) is 4.38. The predicted molar refractivity (Wildman–Crippen MR) is 103 cm³/mol. The molecule has 0 aliphatic carbocycles. The van der Waals surface area contributed by atoms with Gasteiger partial charge in [-0.2, -0.15) is 8.78 Å². The minimum absolute atomic E-state index is 0.117. The van der Waals surface area contributed by atoms with E-state index in [4.69, 9.17) is 9.47 Å². The van der Waals surface area contributed by atoms with Gasteiger partial charge in [-0.15, -0.1) is 0 Å². The van der Waals surface area contributed by atoms with Crippen LogP contribution in [0.1, 0.15) is 11.4 Å². The van der Waals surface area contributed by atoms with Crippen LogP contribution in [0, 0.1) is 0 Å². The van der Waals surface area contributed by atoms with E-state index in [1.165, 1.54) is 26.4 Å². The maximum atomic E-state index is 12.5. The second-order valence-electron chi connectivity index (χ2n) is 6.57. The zero-order chi connectivity index (χ0) is 21.0. The summed E-state index contributed by atoms with van der Waals surface area (Å²) in [5, 5.41) is 0.415. The number of hydrogen-bond donors (Lipinski definition) is 2. The minimum atomic E-state index is -2.84. The summed E-state index contributed by atoms with van der Waals surface area (Å²) >= 11 is 0. The van der Waals surface area contributed by atoms with Gasteiger partial charge >= 0.3 is 6.61 Å². The number of hydrogen-bond acceptors (Lipinski definition) is 5. The summed E-state index contributed by atoms with van der Waals surface area (Å²) in [7, 11) is 4.97. The lowest BCUT2D eigenvalue weighted by Gasteiger charge is -2.14. The van der Waals surface area contributed by atoms with Gasteiger partial charge in [0.25, 0.3) is 5.56 Å². The van der Waals surface area contributed by atoms with Crippen molar-refractivity contribution in [1.82, 2.24) is 9.97 Å². The summed E-state index contributed by atoms with van der Waals surface area (Å²) in [5.41, 5.74) is 1.20. The van der Waals surface area contributed by atoms with Gasteiger partial charge in [0, 0.05) is 11.6 Å². The van der Waals surface area contributed by atoms with Crippen LogP contribution in [-0.4, -0.2) is 37.8 Å². The molecule has 0 spiro atoms. The molecule has 1 unspecified atom stereocenters. The third kappa shape index (κ3) is 5.00. The van der Waals surface area contributed by atoms with E-state index in [0.29, 0.717) is 41.3 Å². The Labute approximate surface area is 165 Å². The number of quaternary nitrogens is 1. The molecule has 2 aromatic carbocycles. The highest BCUT2D eigenvalue weighted by atomic mass is 19.3. The smallest absolute Gasteiger partial charge is 0.387 e. The first-order chi connectivity index (χ1) is 13.9. The van der Waals surface area contributed by atoms with Crippen LogP contribution in [0.15, 0.2) is 41.2 Å². The van der Waals surface area contributed by atoms with E-state index in [9.17, 15) is 13.6 Å². The number of methoxy groups -OCH3 is 2. The molecule has 0 radical (unpaired) electrons. The fourth-order valence-electron chi connectivity index (χ4n) is 3.08. The number of benzene rings is 2. The fourth-order valence-corrected chi connectivity index (χ4v) is 3.08. The molecule has 0 aliphatic heterocycles. The van der Waals surface area contributed by atoms with Gasteiger partial charge in [-0.05, 0) is 30.3 Å². The first-order valence-electron chi connectivity index (χ1n) is 8.89. The number of fused-ring (bicyclic) bond motifs is 1. The summed E-state index contributed by atoms with van der Waals surface area (Å²) in [4.78, 5) is 20.8. The van der Waals surface area contributed by atoms with Crippen molar-refractivity contribution >= 4 is 10.9 Å². The lowest BCUT2D eigenvalue weighted by atomic mass is 10.2. The van der Waals surface area contributed by atoms with E-state index < -0.39 is 6.61 Å². The third-order valence-electron chi connectivity index (χ3n) is 4.38. The van der Waals surface area contributed by atoms with Crippen LogP contribution in [0.5, 0.6) is 17.2 Å². The molecule has 0 bridgehead atoms. The van der Waals surface area contributed by atoms with Crippen LogP contribution < -0.4 is 24.7 Å². The molecule has 0 fully saturated rings. The lowest BCUT2D eigenvalue weighted by molar-refractivity contribution is -0.908. The molecule has 29 heavy (non-hydrogen) atoms. The van der Waals surface area contributed by atoms with Gasteiger partial charge in [0.2, 0.25) is 0 Å². The molecule has 0 saturated carbocycles. The van der Waals surface area contributed by atoms with E-state index in [1.54, 1.807) is 24.3 Å². The maximum Gasteiger partial charge on any atom is 0.387 e. The number of H-pyrrole nitrogens is 1. The highest BCUT2D eigenvalue weighted by Gasteiger charge is 2.14. The monoisotopic (exact) mass is 406 g/mol. The predicted octanol–water partition coefficient (Wildman–Crippen LogP) is 1.76.